The van der Waals surface area contributed by atoms with E-state index >= 15 is 0 Å². The van der Waals surface area contributed by atoms with Crippen molar-refractivity contribution in [1.82, 2.24) is 0 Å². The maximum absolute atomic E-state index is 8.06. The molecule has 0 amide bonds. The quantitative estimate of drug-likeness (QED) is 0.575. The van der Waals surface area contributed by atoms with Crippen molar-refractivity contribution in [2.24, 2.45) is 0 Å². The normalized spacial score (nSPS) is 25.7. The van der Waals surface area contributed by atoms with E-state index in [1.807, 2.05) is 0 Å². The Bertz CT molecular complexity index is 124. The summed E-state index contributed by atoms with van der Waals surface area (Å²) in [6, 6.07) is 1.66. The topological polar surface area (TPSA) is 42.2 Å². The molecular formula is C7H9NO2. The summed E-state index contributed by atoms with van der Waals surface area (Å²) in [4.78, 5) is 0. The summed E-state index contributed by atoms with van der Waals surface area (Å²) in [7, 11) is 0. The highest BCUT2D eigenvalue weighted by molar-refractivity contribution is 4.82. The van der Waals surface area contributed by atoms with Crippen LogP contribution in [0.2, 0.25) is 0 Å². The molecule has 0 aliphatic carbocycles. The molecule has 0 aromatic carbocycles. The monoisotopic (exact) mass is 139 g/mol. The van der Waals surface area contributed by atoms with Gasteiger partial charge in [0.15, 0.2) is 6.29 Å². The van der Waals surface area contributed by atoms with Crippen LogP contribution in [-0.4, -0.2) is 12.9 Å². The minimum absolute atomic E-state index is 0.228. The third-order valence-corrected chi connectivity index (χ3v) is 1.37. The molecule has 54 valence electrons. The third kappa shape index (κ3) is 2.34. The molecule has 1 aliphatic rings. The smallest absolute Gasteiger partial charge is 0.249 e. The second-order valence-electron chi connectivity index (χ2n) is 2.13. The van der Waals surface area contributed by atoms with Crippen LogP contribution in [0, 0.1) is 17.9 Å². The van der Waals surface area contributed by atoms with Gasteiger partial charge in [-0.25, -0.2) is 0 Å². The molecule has 0 aromatic heterocycles. The van der Waals surface area contributed by atoms with Crippen molar-refractivity contribution in [3.8, 4) is 6.07 Å². The summed E-state index contributed by atoms with van der Waals surface area (Å²) in [6.45, 7) is 2.83. The fraction of sp³-hybridized carbons (Fsp3) is 0.714. The molecule has 10 heavy (non-hydrogen) atoms. The van der Waals surface area contributed by atoms with Crippen molar-refractivity contribution >= 4 is 0 Å². The molecule has 1 saturated heterocycles. The van der Waals surface area contributed by atoms with Gasteiger partial charge in [0.05, 0.1) is 0 Å². The predicted octanol–water partition coefficient (Wildman–Crippen LogP) is 1.09. The zero-order chi connectivity index (χ0) is 7.23. The molecule has 3 nitrogen and oxygen atoms in total. The molecular weight excluding hydrogens is 130 g/mol. The molecule has 1 heterocycles. The first-order chi connectivity index (χ1) is 4.93. The van der Waals surface area contributed by atoms with Gasteiger partial charge in [0.25, 0.3) is 0 Å². The van der Waals surface area contributed by atoms with Gasteiger partial charge in [-0.05, 0) is 19.3 Å². The van der Waals surface area contributed by atoms with Crippen LogP contribution in [0.25, 0.3) is 0 Å². The number of hydrogen-bond acceptors (Lipinski definition) is 3. The molecule has 0 aromatic rings. The van der Waals surface area contributed by atoms with E-state index in [0.717, 1.165) is 25.9 Å². The van der Waals surface area contributed by atoms with E-state index in [1.54, 1.807) is 6.07 Å². The van der Waals surface area contributed by atoms with Gasteiger partial charge in [0, 0.05) is 6.61 Å². The molecule has 3 heteroatoms. The van der Waals surface area contributed by atoms with Crippen molar-refractivity contribution < 1.29 is 9.47 Å². The van der Waals surface area contributed by atoms with Crippen LogP contribution in [0.15, 0.2) is 0 Å². The average molecular weight is 139 g/mol. The number of nitrogens with zero attached hydrogens (tertiary/aromatic N) is 1. The highest BCUT2D eigenvalue weighted by atomic mass is 16.7. The van der Waals surface area contributed by atoms with Crippen LogP contribution in [-0.2, 0) is 9.47 Å². The first-order valence-corrected chi connectivity index (χ1v) is 3.35. The van der Waals surface area contributed by atoms with Crippen LogP contribution in [0.3, 0.4) is 0 Å². The highest BCUT2D eigenvalue weighted by Crippen LogP contribution is 2.13. The van der Waals surface area contributed by atoms with Gasteiger partial charge in [0.1, 0.15) is 6.07 Å². The highest BCUT2D eigenvalue weighted by Gasteiger charge is 2.13. The molecule has 1 aliphatic heterocycles. The minimum atomic E-state index is -0.228. The zero-order valence-corrected chi connectivity index (χ0v) is 5.67. The van der Waals surface area contributed by atoms with Crippen LogP contribution < -0.4 is 0 Å². The average Bonchev–Trinajstić information content (AvgIpc) is 2.03. The van der Waals surface area contributed by atoms with Crippen molar-refractivity contribution in [3.05, 3.63) is 6.61 Å². The number of nitriles is 1. The number of hydrogen-bond donors (Lipinski definition) is 0. The van der Waals surface area contributed by atoms with E-state index in [0.29, 0.717) is 0 Å². The van der Waals surface area contributed by atoms with Gasteiger partial charge in [-0.2, -0.15) is 5.26 Å². The number of ether oxygens (including phenoxy) is 2. The Morgan fingerprint density at radius 1 is 1.50 bits per heavy atom. The summed E-state index contributed by atoms with van der Waals surface area (Å²) < 4.78 is 9.94. The first kappa shape index (κ1) is 7.52. The van der Waals surface area contributed by atoms with E-state index in [2.05, 4.69) is 6.61 Å². The molecule has 1 fully saturated rings. The summed E-state index contributed by atoms with van der Waals surface area (Å²) in [5, 5.41) is 8.06. The Morgan fingerprint density at radius 2 is 2.40 bits per heavy atom. The largest absolute Gasteiger partial charge is 0.353 e. The minimum Gasteiger partial charge on any atom is -0.353 e. The van der Waals surface area contributed by atoms with Gasteiger partial charge >= 0.3 is 0 Å². The Hall–Kier alpha value is -0.590. The summed E-state index contributed by atoms with van der Waals surface area (Å²) in [6.07, 6.45) is 2.84. The first-order valence-electron chi connectivity index (χ1n) is 3.35. The van der Waals surface area contributed by atoms with Crippen LogP contribution in [0.5, 0.6) is 0 Å². The summed E-state index contributed by atoms with van der Waals surface area (Å²) in [5.41, 5.74) is 0. The standard InChI is InChI=1S/C7H9NO2/c8-4-6-10-7-3-1-2-5-9-7/h7H,1-3,5H2. The lowest BCUT2D eigenvalue weighted by atomic mass is 10.2. The van der Waals surface area contributed by atoms with Crippen molar-refractivity contribution in [2.45, 2.75) is 25.6 Å². The molecule has 2 radical (unpaired) electrons. The van der Waals surface area contributed by atoms with E-state index < -0.39 is 0 Å². The van der Waals surface area contributed by atoms with Crippen LogP contribution >= 0.6 is 0 Å². The Balaban J connectivity index is 2.09. The molecule has 1 rings (SSSR count). The lowest BCUT2D eigenvalue weighted by Gasteiger charge is -2.20. The maximum atomic E-state index is 8.06. The Kier molecular flexibility index (Phi) is 3.20. The van der Waals surface area contributed by atoms with Crippen molar-refractivity contribution in [3.63, 3.8) is 0 Å². The van der Waals surface area contributed by atoms with Crippen LogP contribution in [0.1, 0.15) is 19.3 Å². The van der Waals surface area contributed by atoms with E-state index in [1.165, 1.54) is 0 Å². The van der Waals surface area contributed by atoms with E-state index in [4.69, 9.17) is 14.7 Å². The summed E-state index contributed by atoms with van der Waals surface area (Å²) in [5.74, 6) is 0. The predicted molar refractivity (Wildman–Crippen MR) is 33.5 cm³/mol. The van der Waals surface area contributed by atoms with Crippen LogP contribution in [0.4, 0.5) is 0 Å². The second kappa shape index (κ2) is 4.26. The van der Waals surface area contributed by atoms with Gasteiger partial charge in [0.2, 0.25) is 6.61 Å². The van der Waals surface area contributed by atoms with Crippen molar-refractivity contribution in [1.29, 1.82) is 5.26 Å². The lowest BCUT2D eigenvalue weighted by molar-refractivity contribution is -0.138. The van der Waals surface area contributed by atoms with Crippen molar-refractivity contribution in [2.75, 3.05) is 6.61 Å². The molecule has 0 N–H and O–H groups in total. The van der Waals surface area contributed by atoms with E-state index in [9.17, 15) is 0 Å². The molecule has 1 atom stereocenters. The fourth-order valence-corrected chi connectivity index (χ4v) is 0.896. The zero-order valence-electron chi connectivity index (χ0n) is 5.67. The Morgan fingerprint density at radius 3 is 3.00 bits per heavy atom. The van der Waals surface area contributed by atoms with E-state index in [-0.39, 0.29) is 6.29 Å². The maximum Gasteiger partial charge on any atom is 0.249 e. The molecule has 0 spiro atoms. The van der Waals surface area contributed by atoms with Gasteiger partial charge < -0.3 is 9.47 Å². The molecule has 1 unspecified atom stereocenters. The van der Waals surface area contributed by atoms with Gasteiger partial charge in [-0.1, -0.05) is 0 Å². The second-order valence-corrected chi connectivity index (χ2v) is 2.13. The SMILES string of the molecule is N#C[C]OC1CCCCO1. The molecule has 0 bridgehead atoms. The van der Waals surface area contributed by atoms with Gasteiger partial charge in [-0.15, -0.1) is 0 Å². The summed E-state index contributed by atoms with van der Waals surface area (Å²) >= 11 is 0. The lowest BCUT2D eigenvalue weighted by Crippen LogP contribution is -2.20. The van der Waals surface area contributed by atoms with Gasteiger partial charge in [-0.3, -0.25) is 0 Å². The Labute approximate surface area is 60.5 Å². The third-order valence-electron chi connectivity index (χ3n) is 1.37. The molecule has 0 saturated carbocycles. The number of rotatable bonds is 2. The fourth-order valence-electron chi connectivity index (χ4n) is 0.896.